The molecule has 1 N–H and O–H groups in total. The molecular formula is C21H28NO. The number of nitrogens with one attached hydrogen (secondary N) is 1. The first-order valence-electron chi connectivity index (χ1n) is 9.64. The van der Waals surface area contributed by atoms with Gasteiger partial charge in [-0.1, -0.05) is 18.9 Å². The van der Waals surface area contributed by atoms with Crippen LogP contribution in [0.3, 0.4) is 0 Å². The minimum Gasteiger partial charge on any atom is -0.483 e. The molecule has 1 saturated heterocycles. The fourth-order valence-corrected chi connectivity index (χ4v) is 5.73. The van der Waals surface area contributed by atoms with E-state index in [4.69, 9.17) is 4.74 Å². The Morgan fingerprint density at radius 3 is 2.96 bits per heavy atom. The summed E-state index contributed by atoms with van der Waals surface area (Å²) in [6, 6.07) is 7.70. The molecule has 1 aliphatic heterocycles. The van der Waals surface area contributed by atoms with Crippen molar-refractivity contribution in [2.24, 2.45) is 11.8 Å². The summed E-state index contributed by atoms with van der Waals surface area (Å²) in [5.41, 5.74) is 3.66. The summed E-state index contributed by atoms with van der Waals surface area (Å²) in [5.74, 6) is 2.65. The molecule has 2 bridgehead atoms. The molecular weight excluding hydrogens is 282 g/mol. The zero-order valence-corrected chi connectivity index (χ0v) is 14.2. The number of piperidine rings is 1. The third-order valence-electron chi connectivity index (χ3n) is 7.05. The molecule has 3 fully saturated rings. The van der Waals surface area contributed by atoms with E-state index in [0.29, 0.717) is 11.5 Å². The Morgan fingerprint density at radius 2 is 2.09 bits per heavy atom. The Labute approximate surface area is 140 Å². The van der Waals surface area contributed by atoms with Gasteiger partial charge in [-0.2, -0.15) is 0 Å². The Kier molecular flexibility index (Phi) is 3.27. The first-order valence-corrected chi connectivity index (χ1v) is 9.64. The molecule has 0 amide bonds. The van der Waals surface area contributed by atoms with E-state index in [1.807, 2.05) is 0 Å². The van der Waals surface area contributed by atoms with Gasteiger partial charge in [-0.25, -0.2) is 0 Å². The van der Waals surface area contributed by atoms with Gasteiger partial charge in [0.25, 0.3) is 0 Å². The van der Waals surface area contributed by atoms with Crippen molar-refractivity contribution >= 4 is 0 Å². The summed E-state index contributed by atoms with van der Waals surface area (Å²) in [6.45, 7) is 3.36. The Morgan fingerprint density at radius 1 is 1.17 bits per heavy atom. The number of hydrogen-bond acceptors (Lipinski definition) is 2. The summed E-state index contributed by atoms with van der Waals surface area (Å²) in [7, 11) is 0. The van der Waals surface area contributed by atoms with Gasteiger partial charge in [-0.15, -0.1) is 0 Å². The van der Waals surface area contributed by atoms with Gasteiger partial charge >= 0.3 is 0 Å². The maximum atomic E-state index is 6.22. The molecule has 5 rings (SSSR count). The second-order valence-electron chi connectivity index (χ2n) is 8.33. The summed E-state index contributed by atoms with van der Waals surface area (Å²) in [5, 5.41) is 3.82. The third-order valence-corrected chi connectivity index (χ3v) is 7.05. The predicted molar refractivity (Wildman–Crippen MR) is 92.5 cm³/mol. The second-order valence-corrected chi connectivity index (χ2v) is 8.33. The Hall–Kier alpha value is -1.02. The van der Waals surface area contributed by atoms with Gasteiger partial charge < -0.3 is 10.1 Å². The molecule has 1 radical (unpaired) electrons. The highest BCUT2D eigenvalue weighted by Gasteiger charge is 2.51. The van der Waals surface area contributed by atoms with E-state index in [2.05, 4.69) is 30.4 Å². The van der Waals surface area contributed by atoms with E-state index in [1.54, 1.807) is 11.1 Å². The number of ether oxygens (including phenoxy) is 1. The van der Waals surface area contributed by atoms with Gasteiger partial charge in [0, 0.05) is 17.4 Å². The minimum absolute atomic E-state index is 0.439. The van der Waals surface area contributed by atoms with E-state index < -0.39 is 0 Å². The van der Waals surface area contributed by atoms with Crippen LogP contribution in [0, 0.1) is 17.9 Å². The van der Waals surface area contributed by atoms with Gasteiger partial charge in [0.15, 0.2) is 0 Å². The van der Waals surface area contributed by atoms with Crippen LogP contribution < -0.4 is 10.1 Å². The number of fused-ring (bicyclic) bond motifs is 1. The van der Waals surface area contributed by atoms with Gasteiger partial charge in [0.05, 0.1) is 0 Å². The highest BCUT2D eigenvalue weighted by Crippen LogP contribution is 2.54. The fraction of sp³-hybridized carbons (Fsp3) is 0.667. The van der Waals surface area contributed by atoms with Crippen LogP contribution in [0.2, 0.25) is 0 Å². The van der Waals surface area contributed by atoms with Crippen molar-refractivity contribution in [2.45, 2.75) is 69.7 Å². The molecule has 2 heteroatoms. The van der Waals surface area contributed by atoms with Crippen molar-refractivity contribution in [1.29, 1.82) is 0 Å². The van der Waals surface area contributed by atoms with E-state index >= 15 is 0 Å². The average Bonchev–Trinajstić information content (AvgIpc) is 3.40. The van der Waals surface area contributed by atoms with Crippen LogP contribution in [0.15, 0.2) is 18.2 Å². The molecule has 0 spiro atoms. The largest absolute Gasteiger partial charge is 0.483 e. The zero-order chi connectivity index (χ0) is 15.4. The van der Waals surface area contributed by atoms with Crippen LogP contribution >= 0.6 is 0 Å². The molecule has 2 nitrogen and oxygen atoms in total. The molecule has 4 aliphatic rings. The smallest absolute Gasteiger partial charge is 0.148 e. The average molecular weight is 310 g/mol. The van der Waals surface area contributed by atoms with Crippen LogP contribution in [0.5, 0.6) is 5.75 Å². The van der Waals surface area contributed by atoms with Crippen molar-refractivity contribution in [3.63, 3.8) is 0 Å². The molecule has 1 aromatic rings. The number of rotatable bonds is 3. The molecule has 3 atom stereocenters. The van der Waals surface area contributed by atoms with Crippen molar-refractivity contribution in [1.82, 2.24) is 5.32 Å². The zero-order valence-electron chi connectivity index (χ0n) is 14.2. The molecule has 3 aliphatic carbocycles. The lowest BCUT2D eigenvalue weighted by Gasteiger charge is -2.56. The highest BCUT2D eigenvalue weighted by atomic mass is 16.5. The first-order chi connectivity index (χ1) is 11.3. The fourth-order valence-electron chi connectivity index (χ4n) is 5.73. The Balaban J connectivity index is 1.52. The maximum Gasteiger partial charge on any atom is 0.148 e. The van der Waals surface area contributed by atoms with Gasteiger partial charge in [-0.3, -0.25) is 0 Å². The predicted octanol–water partition coefficient (Wildman–Crippen LogP) is 4.37. The summed E-state index contributed by atoms with van der Waals surface area (Å²) >= 11 is 0. The van der Waals surface area contributed by atoms with Crippen LogP contribution in [-0.4, -0.2) is 12.6 Å². The standard InChI is InChI=1S/C21H28NO/c1-14(15-5-6-15)23-17-8-7-16-12-20-18-4-2-3-9-21(18,10-11-22-20)19(16)13-17/h7-8,13,15,18,20,22H,2-6,9-12H2,1H3/t18-,20+,21+/m0/s1. The first kappa shape index (κ1) is 14.3. The molecule has 2 saturated carbocycles. The lowest BCUT2D eigenvalue weighted by atomic mass is 9.53. The van der Waals surface area contributed by atoms with Crippen molar-refractivity contribution in [3.8, 4) is 5.75 Å². The molecule has 0 unspecified atom stereocenters. The van der Waals surface area contributed by atoms with E-state index in [0.717, 1.165) is 17.6 Å². The molecule has 1 heterocycles. The minimum atomic E-state index is 0.439. The topological polar surface area (TPSA) is 21.3 Å². The van der Waals surface area contributed by atoms with Crippen LogP contribution in [0.1, 0.15) is 63.0 Å². The molecule has 23 heavy (non-hydrogen) atoms. The van der Waals surface area contributed by atoms with Crippen molar-refractivity contribution in [2.75, 3.05) is 6.54 Å². The quantitative estimate of drug-likeness (QED) is 0.895. The summed E-state index contributed by atoms with van der Waals surface area (Å²) in [4.78, 5) is 0. The van der Waals surface area contributed by atoms with E-state index in [9.17, 15) is 0 Å². The summed E-state index contributed by atoms with van der Waals surface area (Å²) < 4.78 is 6.22. The SMILES string of the molecule is C[C](Oc1ccc2c(c1)[C@@]13CCCC[C@H]1[C@@H](C2)NCC3)C1CC1. The lowest BCUT2D eigenvalue weighted by molar-refractivity contribution is 0.0794. The van der Waals surface area contributed by atoms with Crippen LogP contribution in [-0.2, 0) is 11.8 Å². The van der Waals surface area contributed by atoms with Gasteiger partial charge in [-0.05, 0) is 81.2 Å². The van der Waals surface area contributed by atoms with E-state index in [1.165, 1.54) is 64.0 Å². The van der Waals surface area contributed by atoms with Crippen LogP contribution in [0.4, 0.5) is 0 Å². The maximum absolute atomic E-state index is 6.22. The van der Waals surface area contributed by atoms with Crippen LogP contribution in [0.25, 0.3) is 0 Å². The van der Waals surface area contributed by atoms with Gasteiger partial charge in [0.1, 0.15) is 11.9 Å². The monoisotopic (exact) mass is 310 g/mol. The Bertz CT molecular complexity index is 604. The molecule has 123 valence electrons. The third kappa shape index (κ3) is 2.25. The highest BCUT2D eigenvalue weighted by molar-refractivity contribution is 5.46. The van der Waals surface area contributed by atoms with Crippen molar-refractivity contribution in [3.05, 3.63) is 35.4 Å². The lowest BCUT2D eigenvalue weighted by Crippen LogP contribution is -2.59. The molecule has 1 aromatic carbocycles. The van der Waals surface area contributed by atoms with Gasteiger partial charge in [0.2, 0.25) is 0 Å². The number of benzene rings is 1. The van der Waals surface area contributed by atoms with Crippen molar-refractivity contribution < 1.29 is 4.74 Å². The summed E-state index contributed by atoms with van der Waals surface area (Å²) in [6.07, 6.45) is 12.0. The second kappa shape index (κ2) is 5.24. The normalized spacial score (nSPS) is 35.6. The number of hydrogen-bond donors (Lipinski definition) is 1. The molecule has 0 aromatic heterocycles. The van der Waals surface area contributed by atoms with E-state index in [-0.39, 0.29) is 0 Å².